The third kappa shape index (κ3) is 9.84. The smallest absolute Gasteiger partial charge is 0.220 e. The monoisotopic (exact) mass is 335 g/mol. The fourth-order valence-electron chi connectivity index (χ4n) is 2.01. The minimum absolute atomic E-state index is 0.0850. The fraction of sp³-hybridized carbons (Fsp3) is 0.556. The Morgan fingerprint density at radius 3 is 2.17 bits per heavy atom. The van der Waals surface area contributed by atoms with Crippen LogP contribution < -0.4 is 20.7 Å². The zero-order chi connectivity index (χ0) is 17.6. The Kier molecular flexibility index (Phi) is 10.3. The molecule has 0 radical (unpaired) electrons. The van der Waals surface area contributed by atoms with Gasteiger partial charge in [-0.05, 0) is 38.9 Å². The molecule has 0 aliphatic heterocycles. The van der Waals surface area contributed by atoms with Crippen molar-refractivity contribution in [1.29, 1.82) is 0 Å². The van der Waals surface area contributed by atoms with Crippen LogP contribution in [0.15, 0.2) is 24.3 Å². The van der Waals surface area contributed by atoms with Crippen molar-refractivity contribution < 1.29 is 14.3 Å². The second-order valence-electron chi connectivity index (χ2n) is 5.67. The maximum atomic E-state index is 11.6. The highest BCUT2D eigenvalue weighted by Crippen LogP contribution is 2.11. The number of ether oxygens (including phenoxy) is 1. The molecule has 0 fully saturated rings. The van der Waals surface area contributed by atoms with E-state index in [4.69, 9.17) is 4.74 Å². The number of unbranched alkanes of at least 4 members (excludes halogenated alkanes) is 1. The average molecular weight is 335 g/mol. The van der Waals surface area contributed by atoms with Gasteiger partial charge >= 0.3 is 0 Å². The third-order valence-corrected chi connectivity index (χ3v) is 3.46. The molecule has 0 bridgehead atoms. The largest absolute Gasteiger partial charge is 0.494 e. The first-order valence-electron chi connectivity index (χ1n) is 8.49. The molecule has 1 rings (SSSR count). The van der Waals surface area contributed by atoms with Crippen LogP contribution in [0.25, 0.3) is 0 Å². The molecule has 3 N–H and O–H groups in total. The van der Waals surface area contributed by atoms with Crippen molar-refractivity contribution >= 4 is 11.8 Å². The first-order valence-corrected chi connectivity index (χ1v) is 8.49. The number of rotatable bonds is 12. The van der Waals surface area contributed by atoms with E-state index in [0.717, 1.165) is 25.1 Å². The van der Waals surface area contributed by atoms with Gasteiger partial charge in [-0.15, -0.1) is 0 Å². The summed E-state index contributed by atoms with van der Waals surface area (Å²) in [4.78, 5) is 23.1. The van der Waals surface area contributed by atoms with E-state index in [0.29, 0.717) is 19.7 Å². The predicted molar refractivity (Wildman–Crippen MR) is 95.1 cm³/mol. The maximum absolute atomic E-state index is 11.6. The van der Waals surface area contributed by atoms with Crippen molar-refractivity contribution in [3.8, 4) is 5.75 Å². The van der Waals surface area contributed by atoms with E-state index in [9.17, 15) is 9.59 Å². The molecule has 0 aromatic heterocycles. The molecule has 6 nitrogen and oxygen atoms in total. The lowest BCUT2D eigenvalue weighted by Crippen LogP contribution is -2.32. The Balaban J connectivity index is 1.97. The predicted octanol–water partition coefficient (Wildman–Crippen LogP) is 1.39. The molecule has 1 aromatic carbocycles. The minimum Gasteiger partial charge on any atom is -0.494 e. The maximum Gasteiger partial charge on any atom is 0.220 e. The molecule has 0 aliphatic carbocycles. The lowest BCUT2D eigenvalue weighted by atomic mass is 10.2. The van der Waals surface area contributed by atoms with E-state index in [1.807, 2.05) is 38.2 Å². The molecule has 0 saturated heterocycles. The topological polar surface area (TPSA) is 79.5 Å². The summed E-state index contributed by atoms with van der Waals surface area (Å²) in [6.45, 7) is 4.59. The first-order chi connectivity index (χ1) is 11.6. The summed E-state index contributed by atoms with van der Waals surface area (Å²) in [6, 6.07) is 7.95. The minimum atomic E-state index is -0.0908. The average Bonchev–Trinajstić information content (AvgIpc) is 2.58. The number of aryl methyl sites for hydroxylation is 1. The second-order valence-corrected chi connectivity index (χ2v) is 5.67. The molecule has 0 unspecified atom stereocenters. The Hall–Kier alpha value is -2.08. The number of likely N-dealkylation sites (N-methyl/N-ethyl adjacent to an activating group) is 1. The standard InChI is InChI=1S/C18H29N3O3/c1-15-5-7-16(8-6-15)24-14-4-3-11-20-17(22)9-10-18(23)21-13-12-19-2/h5-8,19H,3-4,9-14H2,1-2H3,(H,20,22)(H,21,23). The van der Waals surface area contributed by atoms with Gasteiger partial charge in [-0.3, -0.25) is 9.59 Å². The molecule has 0 spiro atoms. The molecule has 1 aromatic rings. The summed E-state index contributed by atoms with van der Waals surface area (Å²) in [5, 5.41) is 8.51. The summed E-state index contributed by atoms with van der Waals surface area (Å²) in [5.74, 6) is 0.694. The van der Waals surface area contributed by atoms with Crippen LogP contribution in [-0.4, -0.2) is 45.1 Å². The number of carbonyl (C=O) groups is 2. The molecular formula is C18H29N3O3. The van der Waals surface area contributed by atoms with Crippen molar-refractivity contribution in [2.45, 2.75) is 32.6 Å². The van der Waals surface area contributed by atoms with Gasteiger partial charge in [0, 0.05) is 32.5 Å². The number of amides is 2. The van der Waals surface area contributed by atoms with E-state index in [1.165, 1.54) is 5.56 Å². The number of benzene rings is 1. The lowest BCUT2D eigenvalue weighted by molar-refractivity contribution is -0.126. The van der Waals surface area contributed by atoms with Crippen molar-refractivity contribution in [2.75, 3.05) is 33.3 Å². The van der Waals surface area contributed by atoms with E-state index >= 15 is 0 Å². The fourth-order valence-corrected chi connectivity index (χ4v) is 2.01. The highest BCUT2D eigenvalue weighted by atomic mass is 16.5. The summed E-state index contributed by atoms with van der Waals surface area (Å²) in [5.41, 5.74) is 1.21. The zero-order valence-electron chi connectivity index (χ0n) is 14.7. The van der Waals surface area contributed by atoms with Gasteiger partial charge in [0.2, 0.25) is 11.8 Å². The molecule has 6 heteroatoms. The molecule has 0 heterocycles. The normalized spacial score (nSPS) is 10.2. The van der Waals surface area contributed by atoms with Crippen LogP contribution in [0.1, 0.15) is 31.2 Å². The summed E-state index contributed by atoms with van der Waals surface area (Å²) >= 11 is 0. The van der Waals surface area contributed by atoms with Gasteiger partial charge < -0.3 is 20.7 Å². The Bertz CT molecular complexity index is 489. The van der Waals surface area contributed by atoms with Crippen LogP contribution >= 0.6 is 0 Å². The van der Waals surface area contributed by atoms with Gasteiger partial charge in [0.05, 0.1) is 6.61 Å². The van der Waals surface area contributed by atoms with Crippen LogP contribution in [0.3, 0.4) is 0 Å². The Labute approximate surface area is 144 Å². The molecule has 24 heavy (non-hydrogen) atoms. The highest BCUT2D eigenvalue weighted by Gasteiger charge is 2.05. The van der Waals surface area contributed by atoms with E-state index in [2.05, 4.69) is 16.0 Å². The van der Waals surface area contributed by atoms with Crippen LogP contribution in [-0.2, 0) is 9.59 Å². The molecular weight excluding hydrogens is 306 g/mol. The van der Waals surface area contributed by atoms with Crippen molar-refractivity contribution in [1.82, 2.24) is 16.0 Å². The number of nitrogens with one attached hydrogen (secondary N) is 3. The van der Waals surface area contributed by atoms with Crippen molar-refractivity contribution in [3.63, 3.8) is 0 Å². The molecule has 0 atom stereocenters. The van der Waals surface area contributed by atoms with Gasteiger partial charge in [-0.1, -0.05) is 17.7 Å². The molecule has 0 aliphatic rings. The number of hydrogen-bond donors (Lipinski definition) is 3. The Morgan fingerprint density at radius 1 is 0.917 bits per heavy atom. The molecule has 0 saturated carbocycles. The summed E-state index contributed by atoms with van der Waals surface area (Å²) < 4.78 is 5.62. The van der Waals surface area contributed by atoms with Crippen LogP contribution in [0.2, 0.25) is 0 Å². The summed E-state index contributed by atoms with van der Waals surface area (Å²) in [7, 11) is 1.82. The SMILES string of the molecule is CNCCNC(=O)CCC(=O)NCCCCOc1ccc(C)cc1. The Morgan fingerprint density at radius 2 is 1.54 bits per heavy atom. The van der Waals surface area contributed by atoms with Crippen molar-refractivity contribution in [2.24, 2.45) is 0 Å². The van der Waals surface area contributed by atoms with Crippen LogP contribution in [0, 0.1) is 6.92 Å². The van der Waals surface area contributed by atoms with Gasteiger partial charge in [0.15, 0.2) is 0 Å². The molecule has 2 amide bonds. The quantitative estimate of drug-likeness (QED) is 0.504. The van der Waals surface area contributed by atoms with E-state index in [1.54, 1.807) is 0 Å². The van der Waals surface area contributed by atoms with E-state index < -0.39 is 0 Å². The number of carbonyl (C=O) groups excluding carboxylic acids is 2. The van der Waals surface area contributed by atoms with E-state index in [-0.39, 0.29) is 24.7 Å². The number of hydrogen-bond acceptors (Lipinski definition) is 4. The van der Waals surface area contributed by atoms with Gasteiger partial charge in [-0.25, -0.2) is 0 Å². The van der Waals surface area contributed by atoms with Gasteiger partial charge in [-0.2, -0.15) is 0 Å². The second kappa shape index (κ2) is 12.4. The summed E-state index contributed by atoms with van der Waals surface area (Å²) in [6.07, 6.45) is 2.18. The zero-order valence-corrected chi connectivity index (χ0v) is 14.7. The van der Waals surface area contributed by atoms with Gasteiger partial charge in [0.25, 0.3) is 0 Å². The molecule has 134 valence electrons. The third-order valence-electron chi connectivity index (χ3n) is 3.46. The highest BCUT2D eigenvalue weighted by molar-refractivity contribution is 5.83. The van der Waals surface area contributed by atoms with Crippen LogP contribution in [0.4, 0.5) is 0 Å². The first kappa shape index (κ1) is 20.0. The van der Waals surface area contributed by atoms with Gasteiger partial charge in [0.1, 0.15) is 5.75 Å². The lowest BCUT2D eigenvalue weighted by Gasteiger charge is -2.08. The van der Waals surface area contributed by atoms with Crippen LogP contribution in [0.5, 0.6) is 5.75 Å². The van der Waals surface area contributed by atoms with Crippen molar-refractivity contribution in [3.05, 3.63) is 29.8 Å².